The van der Waals surface area contributed by atoms with E-state index in [1.54, 1.807) is 0 Å². The number of alkyl halides is 3. The number of hydrogen-bond donors (Lipinski definition) is 1. The maximum atomic E-state index is 13.5. The molecule has 186 valence electrons. The SMILES string of the molecule is N#Cc1c(NC(=O)CSc2nc3c(c(C(F)(F)F)n2)CCC3)oc(-c2ccccc2)c1-c1ccccc1. The number of anilines is 1. The summed E-state index contributed by atoms with van der Waals surface area (Å²) in [5.74, 6) is -0.435. The van der Waals surface area contributed by atoms with Crippen LogP contribution in [0.3, 0.4) is 0 Å². The molecule has 0 atom stereocenters. The van der Waals surface area contributed by atoms with Crippen LogP contribution in [0, 0.1) is 11.3 Å². The number of hydrogen-bond acceptors (Lipinski definition) is 6. The van der Waals surface area contributed by atoms with Crippen molar-refractivity contribution >= 4 is 23.6 Å². The summed E-state index contributed by atoms with van der Waals surface area (Å²) in [5.41, 5.74) is 1.73. The number of carbonyl (C=O) groups excluding carboxylic acids is 1. The molecule has 0 fully saturated rings. The van der Waals surface area contributed by atoms with E-state index >= 15 is 0 Å². The molecule has 2 aromatic heterocycles. The number of thioether (sulfide) groups is 1. The number of carbonyl (C=O) groups is 1. The van der Waals surface area contributed by atoms with Crippen LogP contribution in [0.2, 0.25) is 0 Å². The van der Waals surface area contributed by atoms with E-state index in [1.165, 1.54) is 0 Å². The predicted molar refractivity (Wildman–Crippen MR) is 133 cm³/mol. The molecule has 2 heterocycles. The molecular weight excluding hydrogens is 501 g/mol. The Morgan fingerprint density at radius 3 is 2.35 bits per heavy atom. The Kier molecular flexibility index (Phi) is 6.72. The first kappa shape index (κ1) is 24.6. The normalized spacial score (nSPS) is 12.7. The Hall–Kier alpha value is -4.10. The zero-order chi connectivity index (χ0) is 26.0. The van der Waals surface area contributed by atoms with Crippen LogP contribution in [-0.4, -0.2) is 21.6 Å². The molecule has 1 amide bonds. The summed E-state index contributed by atoms with van der Waals surface area (Å²) in [5, 5.41) is 12.4. The first-order valence-electron chi connectivity index (χ1n) is 11.4. The summed E-state index contributed by atoms with van der Waals surface area (Å²) < 4.78 is 46.5. The molecule has 4 aromatic rings. The van der Waals surface area contributed by atoms with Crippen LogP contribution in [-0.2, 0) is 23.8 Å². The molecule has 37 heavy (non-hydrogen) atoms. The van der Waals surface area contributed by atoms with Gasteiger partial charge in [-0.3, -0.25) is 10.1 Å². The minimum absolute atomic E-state index is 0.0309. The third kappa shape index (κ3) is 5.08. The molecule has 10 heteroatoms. The monoisotopic (exact) mass is 520 g/mol. The molecule has 0 aliphatic heterocycles. The fraction of sp³-hybridized carbons (Fsp3) is 0.185. The van der Waals surface area contributed by atoms with Gasteiger partial charge >= 0.3 is 6.18 Å². The lowest BCUT2D eigenvalue weighted by atomic mass is 9.98. The Morgan fingerprint density at radius 1 is 1.03 bits per heavy atom. The van der Waals surface area contributed by atoms with E-state index in [0.717, 1.165) is 22.9 Å². The maximum absolute atomic E-state index is 13.5. The highest BCUT2D eigenvalue weighted by Crippen LogP contribution is 2.41. The smallest absolute Gasteiger partial charge is 0.433 e. The number of aryl methyl sites for hydroxylation is 1. The maximum Gasteiger partial charge on any atom is 0.433 e. The van der Waals surface area contributed by atoms with Crippen LogP contribution >= 0.6 is 11.8 Å². The van der Waals surface area contributed by atoms with E-state index in [0.29, 0.717) is 36.3 Å². The number of nitriles is 1. The van der Waals surface area contributed by atoms with Crippen LogP contribution in [0.1, 0.15) is 28.9 Å². The van der Waals surface area contributed by atoms with Gasteiger partial charge < -0.3 is 4.42 Å². The molecule has 6 nitrogen and oxygen atoms in total. The quantitative estimate of drug-likeness (QED) is 0.230. The van der Waals surface area contributed by atoms with Crippen LogP contribution in [0.4, 0.5) is 19.1 Å². The molecule has 0 saturated heterocycles. The van der Waals surface area contributed by atoms with Crippen molar-refractivity contribution in [2.75, 3.05) is 11.1 Å². The fourth-order valence-electron chi connectivity index (χ4n) is 4.30. The van der Waals surface area contributed by atoms with Crippen LogP contribution < -0.4 is 5.32 Å². The van der Waals surface area contributed by atoms with Gasteiger partial charge in [-0.25, -0.2) is 9.97 Å². The van der Waals surface area contributed by atoms with Crippen molar-refractivity contribution in [2.45, 2.75) is 30.6 Å². The summed E-state index contributed by atoms with van der Waals surface area (Å²) in [6.45, 7) is 0. The first-order chi connectivity index (χ1) is 17.8. The lowest BCUT2D eigenvalue weighted by molar-refractivity contribution is -0.142. The highest BCUT2D eigenvalue weighted by molar-refractivity contribution is 7.99. The molecule has 0 unspecified atom stereocenters. The molecule has 0 bridgehead atoms. The molecule has 0 radical (unpaired) electrons. The predicted octanol–water partition coefficient (Wildman–Crippen LogP) is 6.51. The van der Waals surface area contributed by atoms with Crippen LogP contribution in [0.25, 0.3) is 22.5 Å². The standard InChI is InChI=1S/C27H19F3N4O2S/c28-27(29,30)24-18-12-7-13-20(18)32-26(34-24)37-15-21(35)33-25-19(14-31)22(16-8-3-1-4-9-16)23(36-25)17-10-5-2-6-11-17/h1-6,8-11H,7,12-13,15H2,(H,33,35). The van der Waals surface area contributed by atoms with Crippen molar-refractivity contribution in [3.63, 3.8) is 0 Å². The van der Waals surface area contributed by atoms with Crippen molar-refractivity contribution in [3.05, 3.63) is 83.2 Å². The molecule has 1 aliphatic carbocycles. The number of rotatable bonds is 6. The second-order valence-electron chi connectivity index (χ2n) is 8.32. The van der Waals surface area contributed by atoms with Gasteiger partial charge in [-0.15, -0.1) is 0 Å². The number of aromatic nitrogens is 2. The van der Waals surface area contributed by atoms with Crippen LogP contribution in [0.5, 0.6) is 0 Å². The minimum Gasteiger partial charge on any atom is -0.438 e. The Bertz CT molecular complexity index is 1500. The van der Waals surface area contributed by atoms with Crippen molar-refractivity contribution in [3.8, 4) is 28.5 Å². The van der Waals surface area contributed by atoms with Gasteiger partial charge in [-0.2, -0.15) is 18.4 Å². The molecular formula is C27H19F3N4O2S. The number of amides is 1. The Labute approximate surface area is 214 Å². The van der Waals surface area contributed by atoms with E-state index in [1.807, 2.05) is 60.7 Å². The van der Waals surface area contributed by atoms with Gasteiger partial charge in [0, 0.05) is 22.4 Å². The molecule has 0 spiro atoms. The Morgan fingerprint density at radius 2 is 1.70 bits per heavy atom. The van der Waals surface area contributed by atoms with Crippen molar-refractivity contribution in [1.82, 2.24) is 9.97 Å². The summed E-state index contributed by atoms with van der Waals surface area (Å²) in [6, 6.07) is 20.5. The summed E-state index contributed by atoms with van der Waals surface area (Å²) in [4.78, 5) is 20.7. The van der Waals surface area contributed by atoms with Gasteiger partial charge in [-0.05, 0) is 24.8 Å². The lowest BCUT2D eigenvalue weighted by Gasteiger charge is -2.12. The third-order valence-electron chi connectivity index (χ3n) is 5.88. The van der Waals surface area contributed by atoms with Crippen LogP contribution in [0.15, 0.2) is 70.2 Å². The molecule has 1 aliphatic rings. The Balaban J connectivity index is 1.41. The number of nitrogens with one attached hydrogen (secondary N) is 1. The number of nitrogens with zero attached hydrogens (tertiary/aromatic N) is 3. The van der Waals surface area contributed by atoms with Crippen molar-refractivity contribution in [2.24, 2.45) is 0 Å². The number of furan rings is 1. The average Bonchev–Trinajstić information content (AvgIpc) is 3.52. The van der Waals surface area contributed by atoms with Gasteiger partial charge in [0.2, 0.25) is 11.8 Å². The van der Waals surface area contributed by atoms with Crippen molar-refractivity contribution in [1.29, 1.82) is 5.26 Å². The molecule has 0 saturated carbocycles. The second kappa shape index (κ2) is 10.1. The van der Waals surface area contributed by atoms with E-state index < -0.39 is 17.8 Å². The topological polar surface area (TPSA) is 91.8 Å². The van der Waals surface area contributed by atoms with E-state index in [4.69, 9.17) is 4.42 Å². The summed E-state index contributed by atoms with van der Waals surface area (Å²) >= 11 is 0.802. The van der Waals surface area contributed by atoms with E-state index in [2.05, 4.69) is 21.4 Å². The van der Waals surface area contributed by atoms with Gasteiger partial charge in [0.15, 0.2) is 10.9 Å². The number of halogens is 3. The average molecular weight is 521 g/mol. The largest absolute Gasteiger partial charge is 0.438 e. The van der Waals surface area contributed by atoms with Crippen molar-refractivity contribution < 1.29 is 22.4 Å². The fourth-order valence-corrected chi connectivity index (χ4v) is 4.96. The number of benzene rings is 2. The number of fused-ring (bicyclic) bond motifs is 1. The molecule has 2 aromatic carbocycles. The zero-order valence-electron chi connectivity index (χ0n) is 19.3. The van der Waals surface area contributed by atoms with Gasteiger partial charge in [0.1, 0.15) is 17.4 Å². The first-order valence-corrected chi connectivity index (χ1v) is 12.4. The van der Waals surface area contributed by atoms with Gasteiger partial charge in [0.05, 0.1) is 5.75 Å². The van der Waals surface area contributed by atoms with Gasteiger partial charge in [-0.1, -0.05) is 72.4 Å². The zero-order valence-corrected chi connectivity index (χ0v) is 20.1. The third-order valence-corrected chi connectivity index (χ3v) is 6.73. The van der Waals surface area contributed by atoms with E-state index in [-0.39, 0.29) is 27.9 Å². The molecule has 1 N–H and O–H groups in total. The minimum atomic E-state index is -4.59. The lowest BCUT2D eigenvalue weighted by Crippen LogP contribution is -2.16. The molecule has 5 rings (SSSR count). The highest BCUT2D eigenvalue weighted by atomic mass is 32.2. The summed E-state index contributed by atoms with van der Waals surface area (Å²) in [6.07, 6.45) is -3.27. The van der Waals surface area contributed by atoms with E-state index in [9.17, 15) is 23.2 Å². The summed E-state index contributed by atoms with van der Waals surface area (Å²) in [7, 11) is 0. The highest BCUT2D eigenvalue weighted by Gasteiger charge is 2.38. The second-order valence-corrected chi connectivity index (χ2v) is 9.26. The van der Waals surface area contributed by atoms with Gasteiger partial charge in [0.25, 0.3) is 0 Å².